The number of amides is 3. The fourth-order valence-corrected chi connectivity index (χ4v) is 12.6. The first-order valence-electron chi connectivity index (χ1n) is 26.1. The predicted molar refractivity (Wildman–Crippen MR) is 279 cm³/mol. The second-order valence-electron chi connectivity index (χ2n) is 21.0. The lowest BCUT2D eigenvalue weighted by atomic mass is 9.68. The topological polar surface area (TPSA) is 209 Å². The average molecular weight is 1020 g/mol. The average Bonchev–Trinajstić information content (AvgIpc) is 3.99. The Morgan fingerprint density at radius 3 is 1.35 bits per heavy atom. The number of carboxylic acids is 1. The Morgan fingerprint density at radius 1 is 0.581 bits per heavy atom. The monoisotopic (exact) mass is 1020 g/mol. The van der Waals surface area contributed by atoms with Crippen LogP contribution in [-0.2, 0) is 43.6 Å². The molecule has 0 aromatic heterocycles. The van der Waals surface area contributed by atoms with Gasteiger partial charge in [-0.15, -0.1) is 0 Å². The van der Waals surface area contributed by atoms with Crippen LogP contribution in [0.3, 0.4) is 0 Å². The minimum absolute atomic E-state index is 0.0772. The van der Waals surface area contributed by atoms with Crippen molar-refractivity contribution in [1.29, 1.82) is 0 Å². The van der Waals surface area contributed by atoms with Crippen molar-refractivity contribution in [3.8, 4) is 34.5 Å². The Hall–Kier alpha value is -6.36. The highest BCUT2D eigenvalue weighted by Crippen LogP contribution is 2.49. The van der Waals surface area contributed by atoms with Crippen LogP contribution < -0.4 is 34.2 Å². The number of rotatable bonds is 15. The maximum Gasteiger partial charge on any atom is 0.306 e. The SMILES string of the molecule is COc1ccc(CN2CC[C@]3(CCC[C@H](C(=O)O)C3)C2=O)c(OC)c1.COc1ccc(CN2CC[C@]3(CCC[C@H](N)C3)C2=O)c(OC)c1.COc1ccc(CN2CC[C@]3(CCC[C@H](N=CC=O)C3)C2=O)c(OC)c1. The molecule has 9 rings (SSSR count). The second-order valence-corrected chi connectivity index (χ2v) is 21.0. The number of aliphatic imine (C=N–C) groups is 1. The molecule has 3 aromatic rings. The van der Waals surface area contributed by atoms with Gasteiger partial charge in [-0.2, -0.15) is 0 Å². The summed E-state index contributed by atoms with van der Waals surface area (Å²) in [7, 11) is 9.73. The lowest BCUT2D eigenvalue weighted by molar-refractivity contribution is -0.147. The summed E-state index contributed by atoms with van der Waals surface area (Å²) in [6, 6.07) is 17.3. The molecule has 402 valence electrons. The van der Waals surface area contributed by atoms with Gasteiger partial charge in [0.1, 0.15) is 34.5 Å². The Labute approximate surface area is 436 Å². The number of carbonyl (C=O) groups is 5. The Morgan fingerprint density at radius 2 is 0.973 bits per heavy atom. The van der Waals surface area contributed by atoms with Crippen LogP contribution in [0, 0.1) is 22.2 Å². The molecule has 3 spiro atoms. The van der Waals surface area contributed by atoms with Gasteiger partial charge in [0.2, 0.25) is 17.7 Å². The number of hydrogen-bond acceptors (Lipinski definition) is 13. The molecule has 3 aromatic carbocycles. The number of hydrogen-bond donors (Lipinski definition) is 2. The highest BCUT2D eigenvalue weighted by molar-refractivity contribution is 6.12. The number of benzene rings is 3. The maximum absolute atomic E-state index is 13.2. The molecule has 3 saturated carbocycles. The number of carboxylic acid groups (broad SMARTS) is 1. The van der Waals surface area contributed by atoms with Gasteiger partial charge in [0, 0.05) is 80.2 Å². The predicted octanol–water partition coefficient (Wildman–Crippen LogP) is 7.66. The number of aliphatic carboxylic acids is 1. The van der Waals surface area contributed by atoms with E-state index in [0.717, 1.165) is 136 Å². The summed E-state index contributed by atoms with van der Waals surface area (Å²) in [5.74, 6) is 3.79. The highest BCUT2D eigenvalue weighted by Gasteiger charge is 2.52. The first-order chi connectivity index (χ1) is 35.7. The Kier molecular flexibility index (Phi) is 18.5. The molecule has 17 nitrogen and oxygen atoms in total. The fraction of sp³-hybridized carbons (Fsp3) is 0.579. The summed E-state index contributed by atoms with van der Waals surface area (Å²) < 4.78 is 32.0. The summed E-state index contributed by atoms with van der Waals surface area (Å²) in [5, 5.41) is 9.33. The van der Waals surface area contributed by atoms with E-state index in [4.69, 9.17) is 34.2 Å². The molecule has 6 aliphatic rings. The van der Waals surface area contributed by atoms with Crippen molar-refractivity contribution in [3.63, 3.8) is 0 Å². The zero-order valence-electron chi connectivity index (χ0n) is 44.2. The van der Waals surface area contributed by atoms with Crippen LogP contribution in [0.25, 0.3) is 0 Å². The zero-order valence-corrected chi connectivity index (χ0v) is 44.2. The molecule has 0 radical (unpaired) electrons. The van der Waals surface area contributed by atoms with Crippen molar-refractivity contribution >= 4 is 36.2 Å². The first kappa shape index (κ1) is 55.4. The van der Waals surface area contributed by atoms with Crippen LogP contribution in [0.5, 0.6) is 34.5 Å². The number of aldehydes is 1. The van der Waals surface area contributed by atoms with Crippen LogP contribution in [0.1, 0.15) is 113 Å². The van der Waals surface area contributed by atoms with Crippen molar-refractivity contribution in [2.75, 3.05) is 62.3 Å². The van der Waals surface area contributed by atoms with Crippen LogP contribution in [0.2, 0.25) is 0 Å². The standard InChI is InChI=1S/C20H26N2O4.C19H25NO5.C18H26N2O3/c1-25-17-6-5-15(18(12-17)26-2)14-22-10-8-20(19(22)24)7-3-4-16(13-20)21-9-11-23;1-24-15-6-5-14(16(10-15)25-2)12-20-9-8-19(18(20)23)7-3-4-13(11-19)17(21)22;1-22-15-6-5-13(16(10-15)23-2)12-20-9-8-18(17(20)21)7-3-4-14(19)11-18/h5-6,9,11-12,16H,3-4,7-8,10,13-14H2,1-2H3;5-6,10,13H,3-4,7-9,11-12H2,1-2H3,(H,21,22);5-6,10,14H,3-4,7-9,11-12,19H2,1-2H3/t16-,20-;13-,19-;14-,18-/m000/s1. The number of likely N-dealkylation sites (tertiary alicyclic amines) is 3. The third-order valence-corrected chi connectivity index (χ3v) is 16.6. The number of carbonyl (C=O) groups excluding carboxylic acids is 4. The Balaban J connectivity index is 0.000000162. The molecular weight excluding hydrogens is 947 g/mol. The van der Waals surface area contributed by atoms with Crippen molar-refractivity contribution < 1.29 is 57.5 Å². The molecule has 17 heteroatoms. The van der Waals surface area contributed by atoms with Crippen molar-refractivity contribution in [3.05, 3.63) is 71.3 Å². The number of methoxy groups -OCH3 is 6. The highest BCUT2D eigenvalue weighted by atomic mass is 16.5. The summed E-state index contributed by atoms with van der Waals surface area (Å²) in [6.45, 7) is 3.82. The first-order valence-corrected chi connectivity index (χ1v) is 26.1. The van der Waals surface area contributed by atoms with Crippen molar-refractivity contribution in [1.82, 2.24) is 14.7 Å². The molecule has 0 unspecified atom stereocenters. The molecule has 0 bridgehead atoms. The van der Waals surface area contributed by atoms with Gasteiger partial charge in [0.25, 0.3) is 0 Å². The van der Waals surface area contributed by atoms with Gasteiger partial charge in [-0.1, -0.05) is 19.3 Å². The van der Waals surface area contributed by atoms with Crippen LogP contribution in [0.15, 0.2) is 59.6 Å². The minimum Gasteiger partial charge on any atom is -0.497 e. The lowest BCUT2D eigenvalue weighted by Gasteiger charge is -2.35. The molecule has 3 aliphatic heterocycles. The van der Waals surface area contributed by atoms with E-state index in [0.29, 0.717) is 56.8 Å². The molecule has 3 aliphatic carbocycles. The van der Waals surface area contributed by atoms with E-state index in [2.05, 4.69) is 4.99 Å². The van der Waals surface area contributed by atoms with Crippen LogP contribution >= 0.6 is 0 Å². The molecule has 3 amide bonds. The zero-order chi connectivity index (χ0) is 53.0. The van der Waals surface area contributed by atoms with E-state index in [1.54, 1.807) is 42.7 Å². The van der Waals surface area contributed by atoms with E-state index in [1.807, 2.05) is 69.3 Å². The normalized spacial score (nSPS) is 26.4. The van der Waals surface area contributed by atoms with Gasteiger partial charge in [0.15, 0.2) is 6.29 Å². The van der Waals surface area contributed by atoms with Crippen LogP contribution in [-0.4, -0.2) is 130 Å². The van der Waals surface area contributed by atoms with Crippen molar-refractivity contribution in [2.45, 2.75) is 128 Å². The van der Waals surface area contributed by atoms with Gasteiger partial charge < -0.3 is 54.0 Å². The van der Waals surface area contributed by atoms with Gasteiger partial charge in [-0.05, 0) is 113 Å². The molecule has 6 fully saturated rings. The van der Waals surface area contributed by atoms with Gasteiger partial charge in [-0.25, -0.2) is 0 Å². The van der Waals surface area contributed by atoms with Gasteiger partial charge in [-0.3, -0.25) is 29.0 Å². The van der Waals surface area contributed by atoms with Gasteiger partial charge >= 0.3 is 5.97 Å². The second kappa shape index (κ2) is 24.8. The number of nitrogens with zero attached hydrogens (tertiary/aromatic N) is 4. The molecular formula is C57H77N5O12. The van der Waals surface area contributed by atoms with Crippen LogP contribution in [0.4, 0.5) is 0 Å². The van der Waals surface area contributed by atoms with E-state index in [-0.39, 0.29) is 40.6 Å². The smallest absolute Gasteiger partial charge is 0.306 e. The molecule has 3 N–H and O–H groups in total. The third kappa shape index (κ3) is 12.4. The molecule has 74 heavy (non-hydrogen) atoms. The number of nitrogens with two attached hydrogens (primary N) is 1. The molecule has 3 saturated heterocycles. The van der Waals surface area contributed by atoms with Crippen molar-refractivity contribution in [2.24, 2.45) is 32.9 Å². The number of ether oxygens (including phenoxy) is 6. The summed E-state index contributed by atoms with van der Waals surface area (Å²) in [6.07, 6.45) is 14.8. The maximum atomic E-state index is 13.2. The minimum atomic E-state index is -0.776. The van der Waals surface area contributed by atoms with E-state index in [1.165, 1.54) is 6.21 Å². The summed E-state index contributed by atoms with van der Waals surface area (Å²) in [5.41, 5.74) is 8.03. The largest absolute Gasteiger partial charge is 0.497 e. The molecule has 3 heterocycles. The van der Waals surface area contributed by atoms with Gasteiger partial charge in [0.05, 0.1) is 77.1 Å². The fourth-order valence-electron chi connectivity index (χ4n) is 12.6. The van der Waals surface area contributed by atoms with E-state index < -0.39 is 17.3 Å². The third-order valence-electron chi connectivity index (χ3n) is 16.6. The summed E-state index contributed by atoms with van der Waals surface area (Å²) in [4.78, 5) is 71.1. The molecule has 6 atom stereocenters. The lowest BCUT2D eigenvalue weighted by Crippen LogP contribution is -2.42. The Bertz CT molecular complexity index is 2500. The summed E-state index contributed by atoms with van der Waals surface area (Å²) >= 11 is 0. The van der Waals surface area contributed by atoms with E-state index >= 15 is 0 Å². The quantitative estimate of drug-likeness (QED) is 0.111. The van der Waals surface area contributed by atoms with E-state index in [9.17, 15) is 29.1 Å².